The Morgan fingerprint density at radius 3 is 1.88 bits per heavy atom. The Morgan fingerprint density at radius 1 is 0.677 bits per heavy atom. The zero-order valence-electron chi connectivity index (χ0n) is 37.3. The molecule has 7 aromatic rings. The SMILES string of the molecule is C=CC1CN2CCC1C[C@H]2[C@H](Oc1nnc(O[C@H](c2ccnc3ccc(OC)cc23)[C@@H]2C[C@H]3CC[N+]2(Cc2ccccc2)CC3C=C)c2ccccc12)c1ccnc2ccc(OC)cc12. The van der Waals surface area contributed by atoms with Gasteiger partial charge in [-0.1, -0.05) is 54.6 Å². The fraction of sp³-hybridized carbons (Fsp3) is 0.345. The molecule has 0 spiro atoms. The third-order valence-electron chi connectivity index (χ3n) is 15.5. The van der Waals surface area contributed by atoms with Gasteiger partial charge in [0.2, 0.25) is 11.8 Å². The third kappa shape index (κ3) is 7.46. The maximum atomic E-state index is 7.55. The van der Waals surface area contributed by atoms with Gasteiger partial charge in [-0.3, -0.25) is 14.9 Å². The van der Waals surface area contributed by atoms with Crippen LogP contribution in [0.5, 0.6) is 23.3 Å². The van der Waals surface area contributed by atoms with Crippen LogP contribution in [0.3, 0.4) is 0 Å². The molecule has 3 aromatic heterocycles. The highest BCUT2D eigenvalue weighted by molar-refractivity contribution is 5.91. The summed E-state index contributed by atoms with van der Waals surface area (Å²) in [5.74, 6) is 4.46. The molecular weight excluding hydrogens is 809 g/mol. The lowest BCUT2D eigenvalue weighted by Gasteiger charge is -2.58. The molecule has 6 saturated heterocycles. The van der Waals surface area contributed by atoms with Gasteiger partial charge in [0, 0.05) is 65.2 Å². The maximum absolute atomic E-state index is 7.55. The van der Waals surface area contributed by atoms with Crippen molar-refractivity contribution in [3.63, 3.8) is 0 Å². The summed E-state index contributed by atoms with van der Waals surface area (Å²) in [6, 6.07) is 35.8. The van der Waals surface area contributed by atoms with E-state index in [1.54, 1.807) is 14.2 Å². The Hall–Kier alpha value is -6.36. The Kier molecular flexibility index (Phi) is 11.0. The zero-order chi connectivity index (χ0) is 44.1. The van der Waals surface area contributed by atoms with E-state index in [2.05, 4.69) is 96.9 Å². The van der Waals surface area contributed by atoms with Crippen LogP contribution in [-0.2, 0) is 6.54 Å². The van der Waals surface area contributed by atoms with Crippen molar-refractivity contribution in [2.45, 2.75) is 56.5 Å². The largest absolute Gasteiger partial charge is 0.497 e. The van der Waals surface area contributed by atoms with E-state index in [1.165, 1.54) is 5.56 Å². The standard InChI is InChI=1S/C55H57N6O4/c1-5-36-32-60-26-22-38(36)28-50(60)52(42-20-24-56-48-18-16-40(62-3)30-46(42)48)64-54-44-14-10-11-15-45(44)55(59-58-54)65-53(43-21-25-57-49-19-17-41(63-4)31-47(43)49)51-29-39-23-27-61(51,34-37(39)6-2)33-35-12-8-7-9-13-35/h5-21,24-25,30-31,36-39,50-53H,1-2,22-23,26-29,32-34H2,3-4H3/q+1/t36?,37?,38?,39-,50+,51+,52-,53-,61?/m1/s1. The number of piperidine rings is 6. The molecule has 0 N–H and O–H groups in total. The van der Waals surface area contributed by atoms with Gasteiger partial charge in [0.25, 0.3) is 0 Å². The van der Waals surface area contributed by atoms with Crippen LogP contribution >= 0.6 is 0 Å². The van der Waals surface area contributed by atoms with E-state index in [4.69, 9.17) is 39.1 Å². The highest BCUT2D eigenvalue weighted by Gasteiger charge is 2.55. The van der Waals surface area contributed by atoms with Crippen molar-refractivity contribution in [2.24, 2.45) is 23.7 Å². The molecule has 5 unspecified atom stereocenters. The molecule has 6 fully saturated rings. The first-order chi connectivity index (χ1) is 31.9. The van der Waals surface area contributed by atoms with Crippen molar-refractivity contribution in [1.82, 2.24) is 25.1 Å². The number of hydrogen-bond acceptors (Lipinski definition) is 9. The molecule has 65 heavy (non-hydrogen) atoms. The van der Waals surface area contributed by atoms with Crippen molar-refractivity contribution in [2.75, 3.05) is 40.4 Å². The second-order valence-corrected chi connectivity index (χ2v) is 18.8. The first kappa shape index (κ1) is 41.4. The summed E-state index contributed by atoms with van der Waals surface area (Å²) in [5.41, 5.74) is 5.23. The minimum absolute atomic E-state index is 0.106. The minimum atomic E-state index is -0.385. The molecule has 10 atom stereocenters. The van der Waals surface area contributed by atoms with E-state index < -0.39 is 0 Å². The second-order valence-electron chi connectivity index (χ2n) is 18.8. The smallest absolute Gasteiger partial charge is 0.242 e. The van der Waals surface area contributed by atoms with Crippen molar-refractivity contribution in [3.05, 3.63) is 158 Å². The first-order valence-corrected chi connectivity index (χ1v) is 23.3. The van der Waals surface area contributed by atoms with Crippen LogP contribution in [0.25, 0.3) is 32.6 Å². The van der Waals surface area contributed by atoms with Gasteiger partial charge in [0.15, 0.2) is 6.10 Å². The molecule has 10 nitrogen and oxygen atoms in total. The van der Waals surface area contributed by atoms with Gasteiger partial charge in [-0.25, -0.2) is 0 Å². The van der Waals surface area contributed by atoms with Crippen LogP contribution < -0.4 is 18.9 Å². The van der Waals surface area contributed by atoms with Crippen LogP contribution in [0.1, 0.15) is 54.6 Å². The number of methoxy groups -OCH3 is 2. The van der Waals surface area contributed by atoms with E-state index in [0.717, 1.165) is 118 Å². The molecule has 9 heterocycles. The Bertz CT molecular complexity index is 2890. The number of rotatable bonds is 14. The van der Waals surface area contributed by atoms with E-state index in [-0.39, 0.29) is 24.3 Å². The molecular formula is C55H57N6O4+. The Balaban J connectivity index is 1.03. The van der Waals surface area contributed by atoms with Crippen LogP contribution in [0.15, 0.2) is 141 Å². The van der Waals surface area contributed by atoms with Crippen LogP contribution in [0.4, 0.5) is 0 Å². The van der Waals surface area contributed by atoms with E-state index in [0.29, 0.717) is 35.4 Å². The zero-order valence-corrected chi connectivity index (χ0v) is 37.3. The Morgan fingerprint density at radius 2 is 1.28 bits per heavy atom. The topological polar surface area (TPSA) is 91.7 Å². The second kappa shape index (κ2) is 17.2. The molecule has 0 saturated carbocycles. The van der Waals surface area contributed by atoms with E-state index >= 15 is 0 Å². The number of quaternary nitrogens is 1. The van der Waals surface area contributed by atoms with E-state index in [1.807, 2.05) is 48.8 Å². The molecule has 10 heteroatoms. The first-order valence-electron chi connectivity index (χ1n) is 23.3. The normalized spacial score (nSPS) is 26.7. The Labute approximate surface area is 381 Å². The fourth-order valence-electron chi connectivity index (χ4n) is 12.2. The average molecular weight is 866 g/mol. The molecule has 6 aliphatic rings. The van der Waals surface area contributed by atoms with Crippen LogP contribution in [0, 0.1) is 23.7 Å². The minimum Gasteiger partial charge on any atom is -0.497 e. The highest BCUT2D eigenvalue weighted by atomic mass is 16.5. The molecule has 0 amide bonds. The molecule has 6 aliphatic heterocycles. The number of aromatic nitrogens is 4. The van der Waals surface area contributed by atoms with Gasteiger partial charge < -0.3 is 23.4 Å². The summed E-state index contributed by atoms with van der Waals surface area (Å²) in [5, 5.41) is 13.7. The summed E-state index contributed by atoms with van der Waals surface area (Å²) in [6.07, 6.45) is 11.7. The predicted molar refractivity (Wildman–Crippen MR) is 255 cm³/mol. The lowest BCUT2D eigenvalue weighted by molar-refractivity contribution is -0.984. The van der Waals surface area contributed by atoms with Crippen LogP contribution in [-0.4, -0.2) is 82.0 Å². The van der Waals surface area contributed by atoms with Gasteiger partial charge in [-0.2, -0.15) is 0 Å². The molecule has 0 radical (unpaired) electrons. The maximum Gasteiger partial charge on any atom is 0.242 e. The van der Waals surface area contributed by atoms with Crippen molar-refractivity contribution in [1.29, 1.82) is 0 Å². The van der Waals surface area contributed by atoms with Gasteiger partial charge in [-0.15, -0.1) is 23.4 Å². The number of ether oxygens (including phenoxy) is 4. The molecule has 4 aromatic carbocycles. The van der Waals surface area contributed by atoms with Crippen molar-refractivity contribution < 1.29 is 23.4 Å². The fourth-order valence-corrected chi connectivity index (χ4v) is 12.2. The summed E-state index contributed by atoms with van der Waals surface area (Å²) < 4.78 is 27.3. The molecule has 4 bridgehead atoms. The van der Waals surface area contributed by atoms with Crippen molar-refractivity contribution >= 4 is 32.6 Å². The number of hydrogen-bond donors (Lipinski definition) is 0. The number of benzene rings is 4. The average Bonchev–Trinajstić information content (AvgIpc) is 3.37. The van der Waals surface area contributed by atoms with Gasteiger partial charge in [0.05, 0.1) is 55.2 Å². The third-order valence-corrected chi connectivity index (χ3v) is 15.5. The molecule has 0 aliphatic carbocycles. The number of pyridine rings is 2. The number of nitrogens with zero attached hydrogens (tertiary/aromatic N) is 6. The number of fused-ring (bicyclic) bond motifs is 9. The van der Waals surface area contributed by atoms with Crippen molar-refractivity contribution in [3.8, 4) is 23.3 Å². The van der Waals surface area contributed by atoms with Gasteiger partial charge >= 0.3 is 0 Å². The summed E-state index contributed by atoms with van der Waals surface area (Å²) >= 11 is 0. The predicted octanol–water partition coefficient (Wildman–Crippen LogP) is 10.5. The van der Waals surface area contributed by atoms with Gasteiger partial charge in [0.1, 0.15) is 30.2 Å². The van der Waals surface area contributed by atoms with E-state index in [9.17, 15) is 0 Å². The quantitative estimate of drug-likeness (QED) is 0.0783. The highest BCUT2D eigenvalue weighted by Crippen LogP contribution is 2.50. The summed E-state index contributed by atoms with van der Waals surface area (Å²) in [7, 11) is 3.42. The monoisotopic (exact) mass is 865 g/mol. The summed E-state index contributed by atoms with van der Waals surface area (Å²) in [6.45, 7) is 13.5. The van der Waals surface area contributed by atoms with Gasteiger partial charge in [-0.05, 0) is 97.8 Å². The lowest BCUT2D eigenvalue weighted by atomic mass is 9.71. The molecule has 13 rings (SSSR count). The summed E-state index contributed by atoms with van der Waals surface area (Å²) in [4.78, 5) is 12.2. The lowest BCUT2D eigenvalue weighted by Crippen LogP contribution is -2.68. The van der Waals surface area contributed by atoms with Crippen LogP contribution in [0.2, 0.25) is 0 Å². The molecule has 330 valence electrons.